The Morgan fingerprint density at radius 2 is 1.86 bits per heavy atom. The second-order valence-corrected chi connectivity index (χ2v) is 7.58. The summed E-state index contributed by atoms with van der Waals surface area (Å²) in [6, 6.07) is 7.90. The normalized spacial score (nSPS) is 11.8. The molecular formula is C22H27N5O2. The van der Waals surface area contributed by atoms with Crippen molar-refractivity contribution >= 4 is 27.8 Å². The SMILES string of the molecule is CCCCCCC[n+]1c([O-])c(CC)c(=O)n2nc3c4ccccc4n(C)c3nc21. The number of hydrogen-bond donors (Lipinski definition) is 0. The summed E-state index contributed by atoms with van der Waals surface area (Å²) in [5, 5.41) is 18.6. The lowest BCUT2D eigenvalue weighted by atomic mass is 10.1. The molecule has 0 spiro atoms. The van der Waals surface area contributed by atoms with Gasteiger partial charge in [0.25, 0.3) is 0 Å². The molecule has 0 unspecified atom stereocenters. The van der Waals surface area contributed by atoms with Gasteiger partial charge < -0.3 is 9.67 Å². The third-order valence-electron chi connectivity index (χ3n) is 5.68. The van der Waals surface area contributed by atoms with Gasteiger partial charge in [0.1, 0.15) is 0 Å². The average Bonchev–Trinajstić information content (AvgIpc) is 3.01. The highest BCUT2D eigenvalue weighted by molar-refractivity contribution is 6.04. The molecule has 29 heavy (non-hydrogen) atoms. The van der Waals surface area contributed by atoms with Crippen LogP contribution in [0.2, 0.25) is 0 Å². The largest absolute Gasteiger partial charge is 0.848 e. The van der Waals surface area contributed by atoms with E-state index in [1.807, 2.05) is 42.8 Å². The standard InChI is InChI=1S/C22H27N5O2/c1-4-6-7-8-11-14-26-20(28)15(5-2)21(29)27-22(26)23-19-18(24-27)16-12-9-10-13-17(16)25(19)3/h9-10,12-13H,4-8,11,14H2,1-3H3. The number of aryl methyl sites for hydroxylation is 2. The molecule has 0 aliphatic carbocycles. The van der Waals surface area contributed by atoms with Crippen molar-refractivity contribution in [2.45, 2.75) is 58.9 Å². The first-order valence-electron chi connectivity index (χ1n) is 10.5. The fraction of sp³-hybridized carbons (Fsp3) is 0.455. The van der Waals surface area contributed by atoms with Crippen LogP contribution in [0.3, 0.4) is 0 Å². The first-order chi connectivity index (χ1) is 14.1. The smallest absolute Gasteiger partial charge is 0.427 e. The van der Waals surface area contributed by atoms with Crippen LogP contribution in [0.5, 0.6) is 5.88 Å². The van der Waals surface area contributed by atoms with E-state index in [9.17, 15) is 9.90 Å². The quantitative estimate of drug-likeness (QED) is 0.357. The summed E-state index contributed by atoms with van der Waals surface area (Å²) < 4.78 is 4.92. The van der Waals surface area contributed by atoms with Gasteiger partial charge in [-0.3, -0.25) is 0 Å². The van der Waals surface area contributed by atoms with Crippen molar-refractivity contribution < 1.29 is 9.67 Å². The fourth-order valence-electron chi connectivity index (χ4n) is 4.03. The van der Waals surface area contributed by atoms with Gasteiger partial charge in [-0.05, 0) is 23.9 Å². The zero-order valence-electron chi connectivity index (χ0n) is 17.3. The van der Waals surface area contributed by atoms with Gasteiger partial charge in [-0.2, -0.15) is 0 Å². The van der Waals surface area contributed by atoms with Gasteiger partial charge in [0.2, 0.25) is 5.65 Å². The highest BCUT2D eigenvalue weighted by atomic mass is 16.3. The predicted molar refractivity (Wildman–Crippen MR) is 111 cm³/mol. The van der Waals surface area contributed by atoms with Gasteiger partial charge in [0.15, 0.2) is 5.52 Å². The third kappa shape index (κ3) is 3.14. The van der Waals surface area contributed by atoms with Gasteiger partial charge in [0.05, 0.1) is 17.6 Å². The van der Waals surface area contributed by atoms with Gasteiger partial charge in [-0.15, -0.1) is 0 Å². The number of unbranched alkanes of at least 4 members (excludes halogenated alkanes) is 4. The number of rotatable bonds is 7. The molecule has 0 aliphatic rings. The molecule has 4 aromatic rings. The van der Waals surface area contributed by atoms with Crippen LogP contribution in [0.4, 0.5) is 0 Å². The van der Waals surface area contributed by atoms with Gasteiger partial charge in [0, 0.05) is 18.3 Å². The minimum atomic E-state index is -0.364. The molecule has 7 nitrogen and oxygen atoms in total. The summed E-state index contributed by atoms with van der Waals surface area (Å²) in [6.45, 7) is 4.56. The van der Waals surface area contributed by atoms with E-state index >= 15 is 0 Å². The lowest BCUT2D eigenvalue weighted by Crippen LogP contribution is -2.46. The van der Waals surface area contributed by atoms with Gasteiger partial charge in [-0.1, -0.05) is 67.3 Å². The summed E-state index contributed by atoms with van der Waals surface area (Å²) in [5.74, 6) is 0.0894. The molecule has 0 atom stereocenters. The van der Waals surface area contributed by atoms with E-state index in [0.29, 0.717) is 29.9 Å². The zero-order chi connectivity index (χ0) is 20.5. The summed E-state index contributed by atoms with van der Waals surface area (Å²) in [6.07, 6.45) is 5.83. The minimum Gasteiger partial charge on any atom is -0.848 e. The molecule has 0 amide bonds. The average molecular weight is 393 g/mol. The van der Waals surface area contributed by atoms with E-state index in [2.05, 4.69) is 12.0 Å². The van der Waals surface area contributed by atoms with Crippen molar-refractivity contribution in [3.63, 3.8) is 0 Å². The first kappa shape index (κ1) is 19.4. The van der Waals surface area contributed by atoms with Crippen LogP contribution in [0.1, 0.15) is 51.5 Å². The molecule has 0 radical (unpaired) electrons. The van der Waals surface area contributed by atoms with E-state index in [1.54, 1.807) is 4.57 Å². The van der Waals surface area contributed by atoms with E-state index < -0.39 is 0 Å². The molecule has 0 saturated heterocycles. The summed E-state index contributed by atoms with van der Waals surface area (Å²) in [7, 11) is 1.93. The van der Waals surface area contributed by atoms with Crippen LogP contribution >= 0.6 is 0 Å². The van der Waals surface area contributed by atoms with Crippen LogP contribution < -0.4 is 15.2 Å². The maximum absolute atomic E-state index is 13.0. The number of hydrogen-bond acceptors (Lipinski definition) is 4. The summed E-state index contributed by atoms with van der Waals surface area (Å²) in [5.41, 5.74) is 2.25. The molecule has 3 heterocycles. The molecule has 7 heteroatoms. The molecule has 1 aromatic carbocycles. The van der Waals surface area contributed by atoms with Crippen LogP contribution in [0.25, 0.3) is 27.8 Å². The molecule has 0 saturated carbocycles. The van der Waals surface area contributed by atoms with Crippen LogP contribution in [-0.4, -0.2) is 19.2 Å². The second-order valence-electron chi connectivity index (χ2n) is 7.58. The lowest BCUT2D eigenvalue weighted by molar-refractivity contribution is -0.719. The Morgan fingerprint density at radius 1 is 1.10 bits per heavy atom. The van der Waals surface area contributed by atoms with Gasteiger partial charge in [-0.25, -0.2) is 9.36 Å². The predicted octanol–water partition coefficient (Wildman–Crippen LogP) is 2.63. The van der Waals surface area contributed by atoms with E-state index in [1.165, 1.54) is 17.4 Å². The molecule has 0 fully saturated rings. The number of para-hydroxylation sites is 1. The van der Waals surface area contributed by atoms with E-state index in [-0.39, 0.29) is 17.0 Å². The van der Waals surface area contributed by atoms with Crippen molar-refractivity contribution in [1.82, 2.24) is 19.2 Å². The molecule has 0 aliphatic heterocycles. The summed E-state index contributed by atoms with van der Waals surface area (Å²) >= 11 is 0. The van der Waals surface area contributed by atoms with Crippen molar-refractivity contribution in [1.29, 1.82) is 0 Å². The highest BCUT2D eigenvalue weighted by Gasteiger charge is 2.24. The van der Waals surface area contributed by atoms with E-state index in [0.717, 1.165) is 30.2 Å². The topological polar surface area (TPSA) is 79.1 Å². The Morgan fingerprint density at radius 3 is 2.62 bits per heavy atom. The molecule has 152 valence electrons. The number of benzene rings is 1. The van der Waals surface area contributed by atoms with Crippen molar-refractivity contribution in [2.75, 3.05) is 0 Å². The maximum Gasteiger partial charge on any atom is 0.427 e. The summed E-state index contributed by atoms with van der Waals surface area (Å²) in [4.78, 5) is 17.7. The van der Waals surface area contributed by atoms with Gasteiger partial charge >= 0.3 is 11.3 Å². The number of fused-ring (bicyclic) bond motifs is 4. The number of aromatic nitrogens is 5. The Hall–Kier alpha value is -2.96. The zero-order valence-corrected chi connectivity index (χ0v) is 17.3. The Balaban J connectivity index is 1.95. The van der Waals surface area contributed by atoms with Crippen LogP contribution in [-0.2, 0) is 20.0 Å². The Bertz CT molecular complexity index is 1260. The van der Waals surface area contributed by atoms with Crippen molar-refractivity contribution in [3.8, 4) is 5.88 Å². The highest BCUT2D eigenvalue weighted by Crippen LogP contribution is 2.24. The first-order valence-corrected chi connectivity index (χ1v) is 10.5. The molecule has 0 N–H and O–H groups in total. The maximum atomic E-state index is 13.0. The monoisotopic (exact) mass is 393 g/mol. The van der Waals surface area contributed by atoms with E-state index in [4.69, 9.17) is 4.98 Å². The number of nitrogens with zero attached hydrogens (tertiary/aromatic N) is 5. The van der Waals surface area contributed by atoms with Crippen LogP contribution in [0.15, 0.2) is 29.1 Å². The Kier molecular flexibility index (Phi) is 5.22. The lowest BCUT2D eigenvalue weighted by Gasteiger charge is -2.16. The molecule has 3 aromatic heterocycles. The molecule has 0 bridgehead atoms. The second kappa shape index (κ2) is 7.81. The Labute approximate surface area is 169 Å². The van der Waals surface area contributed by atoms with Crippen molar-refractivity contribution in [3.05, 3.63) is 40.2 Å². The third-order valence-corrected chi connectivity index (χ3v) is 5.68. The molecular weight excluding hydrogens is 366 g/mol. The minimum absolute atomic E-state index is 0.236. The van der Waals surface area contributed by atoms with Crippen LogP contribution in [0, 0.1) is 0 Å². The van der Waals surface area contributed by atoms with Crippen molar-refractivity contribution in [2.24, 2.45) is 7.05 Å². The molecule has 4 rings (SSSR count). The fourth-order valence-corrected chi connectivity index (χ4v) is 4.03.